The molecule has 3 rings (SSSR count). The maximum Gasteiger partial charge on any atom is 0.236 e. The fourth-order valence-electron chi connectivity index (χ4n) is 3.29. The number of hydrogen-bond donors (Lipinski definition) is 2. The molecule has 0 aliphatic carbocycles. The van der Waals surface area contributed by atoms with E-state index in [0.29, 0.717) is 11.0 Å². The van der Waals surface area contributed by atoms with Crippen LogP contribution in [0, 0.1) is 6.92 Å². The second kappa shape index (κ2) is 7.03. The number of aromatic nitrogens is 1. The molecular weight excluding hydrogens is 318 g/mol. The lowest BCUT2D eigenvalue weighted by molar-refractivity contribution is -0.120. The van der Waals surface area contributed by atoms with Gasteiger partial charge >= 0.3 is 0 Å². The number of anilines is 1. The highest BCUT2D eigenvalue weighted by atomic mass is 32.1. The summed E-state index contributed by atoms with van der Waals surface area (Å²) >= 11 is 1.61. The molecule has 0 spiro atoms. The quantitative estimate of drug-likeness (QED) is 0.887. The molecule has 0 unspecified atom stereocenters. The number of rotatable bonds is 4. The van der Waals surface area contributed by atoms with Gasteiger partial charge in [-0.05, 0) is 63.7 Å². The molecule has 0 atom stereocenters. The first kappa shape index (κ1) is 17.1. The number of nitrogens with zero attached hydrogens (tertiary/aromatic N) is 1. The fraction of sp³-hybridized carbons (Fsp3) is 0.474. The number of piperidine rings is 1. The highest BCUT2D eigenvalue weighted by Crippen LogP contribution is 2.33. The van der Waals surface area contributed by atoms with Crippen LogP contribution in [0.1, 0.15) is 48.6 Å². The highest BCUT2D eigenvalue weighted by Gasteiger charge is 2.31. The van der Waals surface area contributed by atoms with E-state index in [9.17, 15) is 4.79 Å². The van der Waals surface area contributed by atoms with E-state index in [0.717, 1.165) is 37.1 Å². The third-order valence-corrected chi connectivity index (χ3v) is 5.95. The first-order valence-electron chi connectivity index (χ1n) is 8.52. The average Bonchev–Trinajstić information content (AvgIpc) is 3.04. The summed E-state index contributed by atoms with van der Waals surface area (Å²) in [4.78, 5) is 18.5. The summed E-state index contributed by atoms with van der Waals surface area (Å²) in [6.07, 6.45) is 4.21. The Hall–Kier alpha value is -1.72. The Morgan fingerprint density at radius 2 is 2.00 bits per heavy atom. The summed E-state index contributed by atoms with van der Waals surface area (Å²) in [6.45, 7) is 8.09. The van der Waals surface area contributed by atoms with E-state index in [-0.39, 0.29) is 5.91 Å². The first-order valence-corrected chi connectivity index (χ1v) is 9.34. The molecule has 1 fully saturated rings. The van der Waals surface area contributed by atoms with Crippen LogP contribution in [0.3, 0.4) is 0 Å². The molecule has 24 heavy (non-hydrogen) atoms. The van der Waals surface area contributed by atoms with E-state index in [1.165, 1.54) is 4.88 Å². The van der Waals surface area contributed by atoms with Gasteiger partial charge in [0.2, 0.25) is 5.91 Å². The van der Waals surface area contributed by atoms with Crippen LogP contribution in [0.25, 0.3) is 0 Å². The topological polar surface area (TPSA) is 54.0 Å². The fourth-order valence-corrected chi connectivity index (χ4v) is 4.27. The zero-order valence-electron chi connectivity index (χ0n) is 14.6. The zero-order valence-corrected chi connectivity index (χ0v) is 15.4. The predicted octanol–water partition coefficient (Wildman–Crippen LogP) is 3.83. The van der Waals surface area contributed by atoms with Crippen molar-refractivity contribution in [2.24, 2.45) is 0 Å². The van der Waals surface area contributed by atoms with E-state index >= 15 is 0 Å². The molecule has 0 bridgehead atoms. The minimum absolute atomic E-state index is 0.0111. The Bertz CT molecular complexity index is 717. The maximum atomic E-state index is 12.8. The molecular formula is C19H25N3OS. The summed E-state index contributed by atoms with van der Waals surface area (Å²) in [5.74, 6) is 0.557. The van der Waals surface area contributed by atoms with Gasteiger partial charge in [0, 0.05) is 11.1 Å². The van der Waals surface area contributed by atoms with Crippen molar-refractivity contribution in [2.45, 2.75) is 44.9 Å². The van der Waals surface area contributed by atoms with Crippen molar-refractivity contribution in [1.29, 1.82) is 0 Å². The number of carbonyl (C=O) groups is 1. The average molecular weight is 343 g/mol. The monoisotopic (exact) mass is 343 g/mol. The van der Waals surface area contributed by atoms with Crippen molar-refractivity contribution in [2.75, 3.05) is 18.4 Å². The van der Waals surface area contributed by atoms with Gasteiger partial charge in [-0.25, -0.2) is 4.98 Å². The second-order valence-electron chi connectivity index (χ2n) is 6.99. The number of benzene rings is 1. The van der Waals surface area contributed by atoms with E-state index in [4.69, 9.17) is 0 Å². The molecule has 1 aromatic heterocycles. The van der Waals surface area contributed by atoms with Crippen molar-refractivity contribution < 1.29 is 4.79 Å². The van der Waals surface area contributed by atoms with Crippen LogP contribution in [-0.2, 0) is 10.2 Å². The van der Waals surface area contributed by atoms with Gasteiger partial charge in [-0.1, -0.05) is 24.3 Å². The van der Waals surface area contributed by atoms with Gasteiger partial charge < -0.3 is 10.6 Å². The largest absolute Gasteiger partial charge is 0.317 e. The van der Waals surface area contributed by atoms with E-state index in [1.807, 2.05) is 51.2 Å². The van der Waals surface area contributed by atoms with Gasteiger partial charge in [0.05, 0.1) is 5.41 Å². The lowest BCUT2D eigenvalue weighted by Crippen LogP contribution is -2.35. The van der Waals surface area contributed by atoms with Gasteiger partial charge in [-0.2, -0.15) is 0 Å². The third kappa shape index (κ3) is 3.52. The molecule has 5 heteroatoms. The van der Waals surface area contributed by atoms with Crippen LogP contribution in [0.15, 0.2) is 30.5 Å². The Morgan fingerprint density at radius 1 is 1.29 bits per heavy atom. The summed E-state index contributed by atoms with van der Waals surface area (Å²) in [5.41, 5.74) is 1.59. The Labute approximate surface area is 147 Å². The van der Waals surface area contributed by atoms with Crippen molar-refractivity contribution in [3.05, 3.63) is 46.5 Å². The predicted molar refractivity (Wildman–Crippen MR) is 99.8 cm³/mol. The zero-order chi connectivity index (χ0) is 17.2. The van der Waals surface area contributed by atoms with E-state index < -0.39 is 5.41 Å². The lowest BCUT2D eigenvalue weighted by Gasteiger charge is -2.25. The highest BCUT2D eigenvalue weighted by molar-refractivity contribution is 7.15. The molecule has 2 aromatic rings. The molecule has 128 valence electrons. The van der Waals surface area contributed by atoms with Gasteiger partial charge in [0.15, 0.2) is 5.13 Å². The van der Waals surface area contributed by atoms with Gasteiger partial charge in [-0.15, -0.1) is 11.3 Å². The van der Waals surface area contributed by atoms with Gasteiger partial charge in [0.25, 0.3) is 0 Å². The number of hydrogen-bond acceptors (Lipinski definition) is 4. The van der Waals surface area contributed by atoms with Crippen LogP contribution in [0.2, 0.25) is 0 Å². The van der Waals surface area contributed by atoms with Crippen LogP contribution in [0.5, 0.6) is 0 Å². The minimum atomic E-state index is -0.591. The van der Waals surface area contributed by atoms with Crippen LogP contribution < -0.4 is 10.6 Å². The molecule has 1 aliphatic heterocycles. The molecule has 2 N–H and O–H groups in total. The van der Waals surface area contributed by atoms with Gasteiger partial charge in [0.1, 0.15) is 0 Å². The van der Waals surface area contributed by atoms with Crippen LogP contribution >= 0.6 is 11.3 Å². The Kier molecular flexibility index (Phi) is 5.01. The number of aryl methyl sites for hydroxylation is 1. The van der Waals surface area contributed by atoms with E-state index in [2.05, 4.69) is 15.6 Å². The summed E-state index contributed by atoms with van der Waals surface area (Å²) in [6, 6.07) is 8.05. The lowest BCUT2D eigenvalue weighted by atomic mass is 9.81. The van der Waals surface area contributed by atoms with Crippen molar-refractivity contribution in [1.82, 2.24) is 10.3 Å². The number of thiazole rings is 1. The normalized spacial score (nSPS) is 16.1. The molecule has 1 saturated heterocycles. The van der Waals surface area contributed by atoms with Crippen molar-refractivity contribution in [3.8, 4) is 0 Å². The Morgan fingerprint density at radius 3 is 2.71 bits per heavy atom. The molecule has 2 heterocycles. The second-order valence-corrected chi connectivity index (χ2v) is 8.05. The Balaban J connectivity index is 1.72. The van der Waals surface area contributed by atoms with Crippen molar-refractivity contribution in [3.63, 3.8) is 0 Å². The van der Waals surface area contributed by atoms with E-state index in [1.54, 1.807) is 11.3 Å². The number of amides is 1. The molecule has 1 aliphatic rings. The van der Waals surface area contributed by atoms with Crippen LogP contribution in [-0.4, -0.2) is 24.0 Å². The summed E-state index contributed by atoms with van der Waals surface area (Å²) in [7, 11) is 0. The molecule has 0 radical (unpaired) electrons. The van der Waals surface area contributed by atoms with Gasteiger partial charge in [-0.3, -0.25) is 4.79 Å². The standard InChI is InChI=1S/C19H25N3OS/c1-13-6-4-5-7-15(13)19(2,3)17(23)22-18-21-12-16(24-18)14-8-10-20-11-9-14/h4-7,12,14,20H,8-11H2,1-3H3,(H,21,22,23). The third-order valence-electron chi connectivity index (χ3n) is 4.87. The first-order chi connectivity index (χ1) is 11.5. The summed E-state index contributed by atoms with van der Waals surface area (Å²) < 4.78 is 0. The maximum absolute atomic E-state index is 12.8. The smallest absolute Gasteiger partial charge is 0.236 e. The number of nitrogens with one attached hydrogen (secondary N) is 2. The number of carbonyl (C=O) groups excluding carboxylic acids is 1. The van der Waals surface area contributed by atoms with Crippen LogP contribution in [0.4, 0.5) is 5.13 Å². The summed E-state index contributed by atoms with van der Waals surface area (Å²) in [5, 5.41) is 7.11. The molecule has 0 saturated carbocycles. The SMILES string of the molecule is Cc1ccccc1C(C)(C)C(=O)Nc1ncc(C2CCNCC2)s1. The van der Waals surface area contributed by atoms with Crippen molar-refractivity contribution >= 4 is 22.4 Å². The molecule has 4 nitrogen and oxygen atoms in total. The minimum Gasteiger partial charge on any atom is -0.317 e. The molecule has 1 amide bonds. The molecule has 1 aromatic carbocycles.